The van der Waals surface area contributed by atoms with Gasteiger partial charge in [-0.2, -0.15) is 4.31 Å². The summed E-state index contributed by atoms with van der Waals surface area (Å²) in [7, 11) is 1.89. The van der Waals surface area contributed by atoms with Gasteiger partial charge in [0, 0.05) is 33.5 Å². The van der Waals surface area contributed by atoms with E-state index in [0.717, 1.165) is 4.31 Å². The number of ether oxygens (including phenoxy) is 1. The van der Waals surface area contributed by atoms with Crippen LogP contribution in [0.4, 0.5) is 0 Å². The van der Waals surface area contributed by atoms with E-state index in [2.05, 4.69) is 5.32 Å². The van der Waals surface area contributed by atoms with Gasteiger partial charge in [0.25, 0.3) is 0 Å². The van der Waals surface area contributed by atoms with Crippen molar-refractivity contribution in [1.82, 2.24) is 19.6 Å². The third-order valence-electron chi connectivity index (χ3n) is 5.78. The summed E-state index contributed by atoms with van der Waals surface area (Å²) in [5, 5.41) is 13.5. The average molecular weight is 543 g/mol. The van der Waals surface area contributed by atoms with Gasteiger partial charge in [-0.05, 0) is 42.0 Å². The van der Waals surface area contributed by atoms with E-state index in [4.69, 9.17) is 4.74 Å². The summed E-state index contributed by atoms with van der Waals surface area (Å²) in [5.74, 6) is -1.87. The number of nitrogens with zero attached hydrogens (tertiary/aromatic N) is 3. The highest BCUT2D eigenvalue weighted by atomic mass is 32.2. The first-order valence-corrected chi connectivity index (χ1v) is 13.5. The molecule has 0 saturated heterocycles. The highest BCUT2D eigenvalue weighted by Gasteiger charge is 2.36. The molecule has 0 unspecified atom stereocenters. The maximum Gasteiger partial charge on any atom is 0.247 e. The molecule has 210 valence electrons. The minimum Gasteiger partial charge on any atom is -0.497 e. The number of hydrogen-bond acceptors (Lipinski definition) is 7. The van der Waals surface area contributed by atoms with Crippen molar-refractivity contribution in [2.45, 2.75) is 58.4 Å². The normalized spacial score (nSPS) is 13.7. The second-order valence-corrected chi connectivity index (χ2v) is 12.8. The molecule has 0 aliphatic heterocycles. The molecule has 1 aromatic carbocycles. The second-order valence-electron chi connectivity index (χ2n) is 10.8. The fourth-order valence-corrected chi connectivity index (χ4v) is 4.71. The van der Waals surface area contributed by atoms with Gasteiger partial charge in [0.05, 0.1) is 12.0 Å². The molecule has 0 aromatic heterocycles. The van der Waals surface area contributed by atoms with E-state index < -0.39 is 45.9 Å². The molecular weight excluding hydrogens is 500 g/mol. The van der Waals surface area contributed by atoms with E-state index in [0.29, 0.717) is 12.2 Å². The lowest BCUT2D eigenvalue weighted by Crippen LogP contribution is -2.54. The molecule has 2 N–H and O–H groups in total. The van der Waals surface area contributed by atoms with Gasteiger partial charge in [-0.15, -0.1) is 0 Å². The molecule has 0 saturated carbocycles. The lowest BCUT2D eigenvalue weighted by Gasteiger charge is -2.33. The second kappa shape index (κ2) is 13.2. The maximum absolute atomic E-state index is 13.2. The molecule has 0 heterocycles. The Bertz CT molecular complexity index is 1030. The highest BCUT2D eigenvalue weighted by molar-refractivity contribution is 7.89. The van der Waals surface area contributed by atoms with Gasteiger partial charge in [-0.1, -0.05) is 34.6 Å². The van der Waals surface area contributed by atoms with Crippen LogP contribution in [0.1, 0.15) is 47.5 Å². The van der Waals surface area contributed by atoms with Crippen molar-refractivity contribution in [2.75, 3.05) is 34.9 Å². The van der Waals surface area contributed by atoms with E-state index in [9.17, 15) is 28.0 Å². The summed E-state index contributed by atoms with van der Waals surface area (Å²) in [6.07, 6.45) is -0.0254. The van der Waals surface area contributed by atoms with Crippen molar-refractivity contribution < 1.29 is 32.7 Å². The number of hydroxylamine groups is 2. The number of likely N-dealkylation sites (N-methyl/N-ethyl adjacent to an activating group) is 1. The van der Waals surface area contributed by atoms with Gasteiger partial charge >= 0.3 is 0 Å². The molecular formula is C25H42N4O7S. The molecule has 3 amide bonds. The standard InChI is InChI=1S/C25H42N4O7S/c1-17(2)14-18(23(31)26-22(25(3,4)5)24(32)27(6)7)15-21(30)29(33)16-28(8)37(34,35)20-12-10-19(36-9)11-13-20/h10-13,17-18,22,33H,14-16H2,1-9H3,(H,26,31)/t18-,22-/m1/s1. The van der Waals surface area contributed by atoms with Crippen molar-refractivity contribution in [3.05, 3.63) is 24.3 Å². The molecule has 0 aliphatic carbocycles. The Labute approximate surface area is 220 Å². The summed E-state index contributed by atoms with van der Waals surface area (Å²) in [6.45, 7) is 8.64. The van der Waals surface area contributed by atoms with E-state index in [1.807, 2.05) is 34.6 Å². The minimum absolute atomic E-state index is 0.0347. The number of sulfonamides is 1. The molecule has 11 nitrogen and oxygen atoms in total. The first-order chi connectivity index (χ1) is 16.9. The Morgan fingerprint density at radius 1 is 1.05 bits per heavy atom. The SMILES string of the molecule is COc1ccc(S(=O)(=O)N(C)CN(O)C(=O)C[C@@H](CC(C)C)C(=O)N[C@H](C(=O)N(C)C)C(C)(C)C)cc1. The van der Waals surface area contributed by atoms with Crippen LogP contribution in [-0.4, -0.2) is 86.6 Å². The predicted molar refractivity (Wildman–Crippen MR) is 139 cm³/mol. The van der Waals surface area contributed by atoms with E-state index in [-0.39, 0.29) is 28.2 Å². The number of rotatable bonds is 12. The zero-order valence-electron chi connectivity index (χ0n) is 23.3. The number of methoxy groups -OCH3 is 1. The zero-order valence-corrected chi connectivity index (χ0v) is 24.1. The van der Waals surface area contributed by atoms with E-state index in [1.54, 1.807) is 14.1 Å². The third kappa shape index (κ3) is 9.28. The lowest BCUT2D eigenvalue weighted by molar-refractivity contribution is -0.172. The quantitative estimate of drug-likeness (QED) is 0.235. The van der Waals surface area contributed by atoms with Crippen molar-refractivity contribution in [3.63, 3.8) is 0 Å². The summed E-state index contributed by atoms with van der Waals surface area (Å²) < 4.78 is 31.5. The number of carbonyl (C=O) groups excluding carboxylic acids is 3. The van der Waals surface area contributed by atoms with Crippen LogP contribution in [0, 0.1) is 17.3 Å². The highest BCUT2D eigenvalue weighted by Crippen LogP contribution is 2.24. The number of carbonyl (C=O) groups is 3. The zero-order chi connectivity index (χ0) is 28.7. The first kappa shape index (κ1) is 32.3. The molecule has 0 fully saturated rings. The van der Waals surface area contributed by atoms with Crippen LogP contribution >= 0.6 is 0 Å². The summed E-state index contributed by atoms with van der Waals surface area (Å²) in [4.78, 5) is 40.1. The lowest BCUT2D eigenvalue weighted by atomic mass is 9.84. The fraction of sp³-hybridized carbons (Fsp3) is 0.640. The number of amides is 3. The topological polar surface area (TPSA) is 137 Å². The summed E-state index contributed by atoms with van der Waals surface area (Å²) in [6, 6.07) is 4.88. The summed E-state index contributed by atoms with van der Waals surface area (Å²) >= 11 is 0. The molecule has 2 atom stereocenters. The van der Waals surface area contributed by atoms with Crippen molar-refractivity contribution in [3.8, 4) is 5.75 Å². The van der Waals surface area contributed by atoms with Gasteiger partial charge in [-0.3, -0.25) is 19.6 Å². The minimum atomic E-state index is -4.00. The molecule has 12 heteroatoms. The van der Waals surface area contributed by atoms with Crippen molar-refractivity contribution in [1.29, 1.82) is 0 Å². The Morgan fingerprint density at radius 3 is 2.03 bits per heavy atom. The summed E-state index contributed by atoms with van der Waals surface area (Å²) in [5.41, 5.74) is -0.578. The van der Waals surface area contributed by atoms with Crippen LogP contribution in [0.3, 0.4) is 0 Å². The predicted octanol–water partition coefficient (Wildman–Crippen LogP) is 2.16. The van der Waals surface area contributed by atoms with Crippen molar-refractivity contribution >= 4 is 27.7 Å². The monoisotopic (exact) mass is 542 g/mol. The van der Waals surface area contributed by atoms with Gasteiger partial charge in [0.2, 0.25) is 27.7 Å². The van der Waals surface area contributed by atoms with E-state index >= 15 is 0 Å². The number of nitrogens with one attached hydrogen (secondary N) is 1. The maximum atomic E-state index is 13.2. The van der Waals surface area contributed by atoms with Crippen LogP contribution in [0.25, 0.3) is 0 Å². The van der Waals surface area contributed by atoms with Crippen LogP contribution in [-0.2, 0) is 24.4 Å². The van der Waals surface area contributed by atoms with Crippen molar-refractivity contribution in [2.24, 2.45) is 17.3 Å². The largest absolute Gasteiger partial charge is 0.497 e. The number of benzene rings is 1. The smallest absolute Gasteiger partial charge is 0.247 e. The Hall–Kier alpha value is -2.70. The van der Waals surface area contributed by atoms with Crippen LogP contribution in [0.15, 0.2) is 29.2 Å². The Balaban J connectivity index is 3.00. The van der Waals surface area contributed by atoms with Crippen LogP contribution in [0.2, 0.25) is 0 Å². The van der Waals surface area contributed by atoms with Gasteiger partial charge in [-0.25, -0.2) is 13.5 Å². The van der Waals surface area contributed by atoms with Gasteiger partial charge in [0.15, 0.2) is 0 Å². The van der Waals surface area contributed by atoms with Crippen LogP contribution < -0.4 is 10.1 Å². The molecule has 1 aromatic rings. The Kier molecular flexibility index (Phi) is 11.5. The van der Waals surface area contributed by atoms with Gasteiger partial charge in [0.1, 0.15) is 18.5 Å². The van der Waals surface area contributed by atoms with Crippen LogP contribution in [0.5, 0.6) is 5.75 Å². The molecule has 0 aliphatic rings. The first-order valence-electron chi connectivity index (χ1n) is 12.0. The molecule has 0 radical (unpaired) electrons. The molecule has 0 bridgehead atoms. The van der Waals surface area contributed by atoms with Gasteiger partial charge < -0.3 is 15.0 Å². The third-order valence-corrected chi connectivity index (χ3v) is 7.58. The average Bonchev–Trinajstić information content (AvgIpc) is 2.80. The fourth-order valence-electron chi connectivity index (χ4n) is 3.61. The Morgan fingerprint density at radius 2 is 1.59 bits per heavy atom. The molecule has 1 rings (SSSR count). The number of hydrogen-bond donors (Lipinski definition) is 2. The molecule has 0 spiro atoms. The molecule has 37 heavy (non-hydrogen) atoms. The van der Waals surface area contributed by atoms with E-state index in [1.165, 1.54) is 43.3 Å².